The summed E-state index contributed by atoms with van der Waals surface area (Å²) in [5, 5.41) is 1.92. The first kappa shape index (κ1) is 12.0. The lowest BCUT2D eigenvalue weighted by Gasteiger charge is -2.14. The van der Waals surface area contributed by atoms with Crippen LogP contribution in [0.25, 0.3) is 0 Å². The highest BCUT2D eigenvalue weighted by Crippen LogP contribution is 2.49. The molecule has 0 bridgehead atoms. The van der Waals surface area contributed by atoms with Gasteiger partial charge < -0.3 is 4.90 Å². The number of hydrogen-bond acceptors (Lipinski definition) is 6. The summed E-state index contributed by atoms with van der Waals surface area (Å²) < 4.78 is 0.396. The van der Waals surface area contributed by atoms with E-state index in [1.807, 2.05) is 36.2 Å². The summed E-state index contributed by atoms with van der Waals surface area (Å²) in [5.74, 6) is 5.36. The van der Waals surface area contributed by atoms with Crippen LogP contribution in [-0.2, 0) is 4.79 Å². The summed E-state index contributed by atoms with van der Waals surface area (Å²) >= 11 is 7.86. The van der Waals surface area contributed by atoms with E-state index in [4.69, 9.17) is 18.1 Å². The molecule has 2 aliphatic rings. The Morgan fingerprint density at radius 3 is 2.61 bits per heavy atom. The summed E-state index contributed by atoms with van der Waals surface area (Å²) in [7, 11) is 1.94. The van der Waals surface area contributed by atoms with E-state index in [1.165, 1.54) is 11.8 Å². The normalized spacial score (nSPS) is 23.0. The summed E-state index contributed by atoms with van der Waals surface area (Å²) in [6.45, 7) is 0. The van der Waals surface area contributed by atoms with Gasteiger partial charge in [0.25, 0.3) is 5.91 Å². The van der Waals surface area contributed by atoms with Gasteiger partial charge in [-0.05, 0) is 12.1 Å². The van der Waals surface area contributed by atoms with Crippen molar-refractivity contribution in [1.29, 1.82) is 0 Å². The molecule has 2 heterocycles. The summed E-state index contributed by atoms with van der Waals surface area (Å²) in [6, 6.07) is 8.02. The summed E-state index contributed by atoms with van der Waals surface area (Å²) in [4.78, 5) is 15.7. The van der Waals surface area contributed by atoms with Gasteiger partial charge in [0, 0.05) is 11.9 Å². The highest BCUT2D eigenvalue weighted by Gasteiger charge is 2.36. The molecule has 0 aliphatic carbocycles. The number of nitrogens with zero attached hydrogens (tertiary/aromatic N) is 2. The predicted octanol–water partition coefficient (Wildman–Crippen LogP) is 2.13. The maximum absolute atomic E-state index is 12.0. The van der Waals surface area contributed by atoms with Gasteiger partial charge in [0.1, 0.15) is 4.91 Å². The molecule has 1 aromatic rings. The Bertz CT molecular complexity index is 599. The zero-order valence-corrected chi connectivity index (χ0v) is 11.9. The first-order valence-corrected chi connectivity index (χ1v) is 7.19. The van der Waals surface area contributed by atoms with Crippen LogP contribution in [0.5, 0.6) is 0 Å². The first-order valence-electron chi connectivity index (χ1n) is 5.15. The molecule has 1 amide bonds. The third-order valence-electron chi connectivity index (χ3n) is 2.73. The van der Waals surface area contributed by atoms with Crippen LogP contribution in [0.15, 0.2) is 39.1 Å². The lowest BCUT2D eigenvalue weighted by Crippen LogP contribution is -2.35. The molecule has 1 aromatic carbocycles. The van der Waals surface area contributed by atoms with E-state index >= 15 is 0 Å². The van der Waals surface area contributed by atoms with E-state index in [0.29, 0.717) is 9.23 Å². The molecule has 0 atom stereocenters. The molecule has 7 heteroatoms. The second-order valence-electron chi connectivity index (χ2n) is 3.81. The zero-order chi connectivity index (χ0) is 12.9. The number of para-hydroxylation sites is 1. The topological polar surface area (TPSA) is 49.6 Å². The number of fused-ring (bicyclic) bond motifs is 1. The van der Waals surface area contributed by atoms with Gasteiger partial charge in [-0.3, -0.25) is 4.79 Å². The fourth-order valence-electron chi connectivity index (χ4n) is 1.81. The van der Waals surface area contributed by atoms with Gasteiger partial charge in [0.15, 0.2) is 4.32 Å². The number of hydrazine groups is 1. The fraction of sp³-hybridized carbons (Fsp3) is 0.0909. The van der Waals surface area contributed by atoms with Crippen LogP contribution < -0.4 is 10.7 Å². The number of thioether (sulfide) groups is 2. The van der Waals surface area contributed by atoms with E-state index in [0.717, 1.165) is 20.6 Å². The Morgan fingerprint density at radius 1 is 1.28 bits per heavy atom. The van der Waals surface area contributed by atoms with Crippen molar-refractivity contribution in [2.75, 3.05) is 11.9 Å². The van der Waals surface area contributed by atoms with E-state index in [-0.39, 0.29) is 5.91 Å². The third-order valence-corrected chi connectivity index (χ3v) is 5.49. The van der Waals surface area contributed by atoms with Crippen LogP contribution in [0.4, 0.5) is 5.69 Å². The van der Waals surface area contributed by atoms with E-state index in [9.17, 15) is 4.79 Å². The second-order valence-corrected chi connectivity index (χ2v) is 6.48. The van der Waals surface area contributed by atoms with Crippen LogP contribution in [-0.4, -0.2) is 22.3 Å². The molecule has 1 fully saturated rings. The maximum atomic E-state index is 12.0. The van der Waals surface area contributed by atoms with Crippen molar-refractivity contribution in [3.63, 3.8) is 0 Å². The number of benzene rings is 1. The van der Waals surface area contributed by atoms with Gasteiger partial charge in [0.2, 0.25) is 0 Å². The molecule has 92 valence electrons. The number of thiocarbonyl (C=S) groups is 1. The van der Waals surface area contributed by atoms with Crippen molar-refractivity contribution in [1.82, 2.24) is 5.01 Å². The lowest BCUT2D eigenvalue weighted by molar-refractivity contribution is -0.122. The van der Waals surface area contributed by atoms with E-state index in [2.05, 4.69) is 0 Å². The van der Waals surface area contributed by atoms with Crippen molar-refractivity contribution in [3.05, 3.63) is 34.2 Å². The van der Waals surface area contributed by atoms with Gasteiger partial charge in [-0.2, -0.15) is 0 Å². The van der Waals surface area contributed by atoms with Crippen LogP contribution in [0.1, 0.15) is 0 Å². The van der Waals surface area contributed by atoms with Gasteiger partial charge in [-0.15, -0.1) is 0 Å². The molecule has 0 aromatic heterocycles. The minimum Gasteiger partial charge on any atom is -0.337 e. The number of rotatable bonds is 0. The largest absolute Gasteiger partial charge is 0.337 e. The van der Waals surface area contributed by atoms with Crippen molar-refractivity contribution in [2.45, 2.75) is 4.90 Å². The molecule has 0 unspecified atom stereocenters. The molecular formula is C11H9N3OS3. The molecule has 4 nitrogen and oxygen atoms in total. The number of anilines is 1. The number of nitrogens with two attached hydrogens (primary N) is 1. The first-order chi connectivity index (χ1) is 8.59. The standard InChI is InChI=1S/C11H9N3OS3/c1-13-6-4-2-3-5-7(6)17-10(13)8-9(15)14(12)11(16)18-8/h2-5H,12H2,1H3/b10-8+. The molecular weight excluding hydrogens is 286 g/mol. The molecule has 0 saturated carbocycles. The number of hydrogen-bond donors (Lipinski definition) is 1. The minimum atomic E-state index is -0.229. The van der Waals surface area contributed by atoms with Crippen LogP contribution in [0.2, 0.25) is 0 Å². The Labute approximate surface area is 118 Å². The van der Waals surface area contributed by atoms with Crippen LogP contribution in [0.3, 0.4) is 0 Å². The van der Waals surface area contributed by atoms with Crippen molar-refractivity contribution < 1.29 is 4.79 Å². The highest BCUT2D eigenvalue weighted by atomic mass is 32.2. The SMILES string of the molecule is CN1/C(=C2\SC(=S)N(N)C2=O)Sc2ccccc21. The second kappa shape index (κ2) is 4.27. The maximum Gasteiger partial charge on any atom is 0.283 e. The van der Waals surface area contributed by atoms with Crippen molar-refractivity contribution in [2.24, 2.45) is 5.84 Å². The van der Waals surface area contributed by atoms with Crippen LogP contribution in [0, 0.1) is 0 Å². The molecule has 0 radical (unpaired) electrons. The molecule has 0 spiro atoms. The van der Waals surface area contributed by atoms with Gasteiger partial charge >= 0.3 is 0 Å². The predicted molar refractivity (Wildman–Crippen MR) is 79.0 cm³/mol. The summed E-state index contributed by atoms with van der Waals surface area (Å²) in [6.07, 6.45) is 0. The number of carbonyl (C=O) groups excluding carboxylic acids is 1. The van der Waals surface area contributed by atoms with Crippen LogP contribution >= 0.6 is 35.7 Å². The Hall–Kier alpha value is -1.02. The smallest absolute Gasteiger partial charge is 0.283 e. The van der Waals surface area contributed by atoms with E-state index < -0.39 is 0 Å². The molecule has 2 aliphatic heterocycles. The quantitative estimate of drug-likeness (QED) is 0.342. The van der Waals surface area contributed by atoms with E-state index in [1.54, 1.807) is 11.8 Å². The third kappa shape index (κ3) is 1.66. The Kier molecular flexibility index (Phi) is 2.86. The monoisotopic (exact) mass is 295 g/mol. The minimum absolute atomic E-state index is 0.229. The Balaban J connectivity index is 2.07. The van der Waals surface area contributed by atoms with Crippen molar-refractivity contribution in [3.8, 4) is 0 Å². The average Bonchev–Trinajstić information content (AvgIpc) is 2.83. The molecule has 18 heavy (non-hydrogen) atoms. The number of amides is 1. The van der Waals surface area contributed by atoms with Gasteiger partial charge in [-0.25, -0.2) is 10.9 Å². The van der Waals surface area contributed by atoms with Gasteiger partial charge in [0.05, 0.1) is 10.7 Å². The highest BCUT2D eigenvalue weighted by molar-refractivity contribution is 8.27. The molecule has 2 N–H and O–H groups in total. The number of carbonyl (C=O) groups is 1. The Morgan fingerprint density at radius 2 is 2.00 bits per heavy atom. The fourth-order valence-corrected chi connectivity index (χ4v) is 4.24. The van der Waals surface area contributed by atoms with Crippen molar-refractivity contribution >= 4 is 51.7 Å². The van der Waals surface area contributed by atoms with Gasteiger partial charge in [-0.1, -0.05) is 47.9 Å². The average molecular weight is 295 g/mol. The molecule has 3 rings (SSSR count). The molecule has 1 saturated heterocycles. The lowest BCUT2D eigenvalue weighted by atomic mass is 10.3. The zero-order valence-electron chi connectivity index (χ0n) is 9.41. The summed E-state index contributed by atoms with van der Waals surface area (Å²) in [5.41, 5.74) is 1.10.